The average molecular weight is 391 g/mol. The second-order valence-corrected chi connectivity index (χ2v) is 7.73. The highest BCUT2D eigenvalue weighted by atomic mass is 35.5. The van der Waals surface area contributed by atoms with Crippen molar-refractivity contribution in [2.75, 3.05) is 20.6 Å². The van der Waals surface area contributed by atoms with Gasteiger partial charge in [-0.2, -0.15) is 0 Å². The lowest BCUT2D eigenvalue weighted by Crippen LogP contribution is -2.23. The first-order chi connectivity index (χ1) is 13.6. The molecule has 0 bridgehead atoms. The SMILES string of the molecule is CN(C)CCCC1C=CN=c2cc(-c3ccccc3Cl)c3c(c21)N=CC=NC=3. The molecule has 0 aliphatic carbocycles. The summed E-state index contributed by atoms with van der Waals surface area (Å²) in [5, 5.41) is 2.68. The van der Waals surface area contributed by atoms with Crippen LogP contribution in [0.4, 0.5) is 5.69 Å². The predicted molar refractivity (Wildman–Crippen MR) is 118 cm³/mol. The maximum atomic E-state index is 6.51. The fourth-order valence-corrected chi connectivity index (χ4v) is 4.02. The van der Waals surface area contributed by atoms with E-state index in [1.165, 1.54) is 5.56 Å². The van der Waals surface area contributed by atoms with Crippen molar-refractivity contribution in [3.05, 3.63) is 63.8 Å². The first-order valence-electron chi connectivity index (χ1n) is 9.52. The number of hydrogen-bond acceptors (Lipinski definition) is 4. The lowest BCUT2D eigenvalue weighted by atomic mass is 9.87. The van der Waals surface area contributed by atoms with Crippen LogP contribution in [-0.4, -0.2) is 38.0 Å². The average Bonchev–Trinajstić information content (AvgIpc) is 2.94. The van der Waals surface area contributed by atoms with Gasteiger partial charge in [-0.3, -0.25) is 15.0 Å². The monoisotopic (exact) mass is 390 g/mol. The van der Waals surface area contributed by atoms with Gasteiger partial charge in [0.1, 0.15) is 0 Å². The molecule has 1 atom stereocenters. The van der Waals surface area contributed by atoms with E-state index < -0.39 is 0 Å². The number of nitrogens with zero attached hydrogens (tertiary/aromatic N) is 4. The Morgan fingerprint density at radius 1 is 1.11 bits per heavy atom. The van der Waals surface area contributed by atoms with Crippen molar-refractivity contribution < 1.29 is 0 Å². The zero-order valence-corrected chi connectivity index (χ0v) is 16.9. The molecule has 0 aromatic heterocycles. The van der Waals surface area contributed by atoms with Gasteiger partial charge < -0.3 is 4.90 Å². The lowest BCUT2D eigenvalue weighted by molar-refractivity contribution is 0.390. The third-order valence-corrected chi connectivity index (χ3v) is 5.43. The Morgan fingerprint density at radius 3 is 2.79 bits per heavy atom. The Kier molecular flexibility index (Phi) is 5.51. The zero-order chi connectivity index (χ0) is 19.5. The molecule has 2 aromatic carbocycles. The summed E-state index contributed by atoms with van der Waals surface area (Å²) in [7, 11) is 4.22. The Morgan fingerprint density at radius 2 is 1.96 bits per heavy atom. The van der Waals surface area contributed by atoms with Crippen molar-refractivity contribution in [1.29, 1.82) is 0 Å². The van der Waals surface area contributed by atoms with E-state index in [2.05, 4.69) is 41.1 Å². The van der Waals surface area contributed by atoms with Crippen LogP contribution in [0, 0.1) is 0 Å². The number of allylic oxidation sites excluding steroid dienone is 1. The van der Waals surface area contributed by atoms with Gasteiger partial charge in [-0.1, -0.05) is 35.9 Å². The van der Waals surface area contributed by atoms with Crippen LogP contribution in [0.5, 0.6) is 0 Å². The summed E-state index contributed by atoms with van der Waals surface area (Å²) in [5.41, 5.74) is 4.13. The van der Waals surface area contributed by atoms with Crippen molar-refractivity contribution in [1.82, 2.24) is 4.90 Å². The molecule has 142 valence electrons. The van der Waals surface area contributed by atoms with E-state index in [0.29, 0.717) is 10.9 Å². The van der Waals surface area contributed by atoms with Gasteiger partial charge in [-0.15, -0.1) is 0 Å². The summed E-state index contributed by atoms with van der Waals surface area (Å²) in [5.74, 6) is 0.296. The molecular weight excluding hydrogens is 368 g/mol. The van der Waals surface area contributed by atoms with Crippen LogP contribution in [0.15, 0.2) is 57.6 Å². The molecule has 2 aliphatic rings. The van der Waals surface area contributed by atoms with Crippen LogP contribution in [0.1, 0.15) is 24.3 Å². The van der Waals surface area contributed by atoms with Gasteiger partial charge in [0.15, 0.2) is 0 Å². The fourth-order valence-electron chi connectivity index (χ4n) is 3.79. The van der Waals surface area contributed by atoms with Gasteiger partial charge in [-0.25, -0.2) is 0 Å². The molecule has 4 nitrogen and oxygen atoms in total. The molecular formula is C23H23ClN4. The van der Waals surface area contributed by atoms with Crippen LogP contribution >= 0.6 is 11.6 Å². The molecule has 2 aromatic rings. The summed E-state index contributed by atoms with van der Waals surface area (Å²) < 4.78 is 0. The van der Waals surface area contributed by atoms with Gasteiger partial charge in [0.25, 0.3) is 0 Å². The smallest absolute Gasteiger partial charge is 0.0783 e. The summed E-state index contributed by atoms with van der Waals surface area (Å²) in [6.07, 6.45) is 11.7. The molecule has 1 unspecified atom stereocenters. The first kappa shape index (κ1) is 18.8. The van der Waals surface area contributed by atoms with E-state index in [9.17, 15) is 0 Å². The first-order valence-corrected chi connectivity index (χ1v) is 9.90. The Bertz CT molecular complexity index is 1100. The van der Waals surface area contributed by atoms with E-state index in [1.54, 1.807) is 12.4 Å². The number of aliphatic imine (C=N–C) groups is 2. The molecule has 0 fully saturated rings. The number of fused-ring (bicyclic) bond motifs is 3. The van der Waals surface area contributed by atoms with Crippen molar-refractivity contribution in [2.45, 2.75) is 18.8 Å². The minimum absolute atomic E-state index is 0.296. The normalized spacial score (nSPS) is 16.9. The topological polar surface area (TPSA) is 40.3 Å². The maximum absolute atomic E-state index is 6.51. The minimum Gasteiger partial charge on any atom is -0.309 e. The van der Waals surface area contributed by atoms with E-state index in [1.807, 2.05) is 36.7 Å². The lowest BCUT2D eigenvalue weighted by Gasteiger charge is -2.21. The minimum atomic E-state index is 0.296. The highest BCUT2D eigenvalue weighted by Crippen LogP contribution is 2.32. The molecule has 0 N–H and O–H groups in total. The zero-order valence-electron chi connectivity index (χ0n) is 16.1. The number of halogens is 1. The van der Waals surface area contributed by atoms with Crippen molar-refractivity contribution >= 4 is 35.9 Å². The van der Waals surface area contributed by atoms with E-state index >= 15 is 0 Å². The standard InChI is InChI=1S/C23H23ClN4/c1-28(2)13-5-6-16-9-10-26-21-14-18(17-7-3-4-8-20(17)24)19-15-25-11-12-27-23(19)22(16)21/h3-4,7-12,14-16H,5-6,13H2,1-2H3. The summed E-state index contributed by atoms with van der Waals surface area (Å²) >= 11 is 6.51. The van der Waals surface area contributed by atoms with Gasteiger partial charge in [-0.05, 0) is 51.2 Å². The van der Waals surface area contributed by atoms with Crippen molar-refractivity contribution in [3.8, 4) is 11.1 Å². The van der Waals surface area contributed by atoms with Gasteiger partial charge >= 0.3 is 0 Å². The van der Waals surface area contributed by atoms with Crippen molar-refractivity contribution in [3.63, 3.8) is 0 Å². The number of rotatable bonds is 5. The van der Waals surface area contributed by atoms with Gasteiger partial charge in [0.05, 0.1) is 11.0 Å². The predicted octanol–water partition coefficient (Wildman–Crippen LogP) is 4.10. The molecule has 0 saturated heterocycles. The highest BCUT2D eigenvalue weighted by Gasteiger charge is 2.21. The molecule has 2 heterocycles. The van der Waals surface area contributed by atoms with E-state index in [0.717, 1.165) is 46.8 Å². The fraction of sp³-hybridized carbons (Fsp3) is 0.261. The van der Waals surface area contributed by atoms with Crippen LogP contribution in [0.25, 0.3) is 17.3 Å². The molecule has 28 heavy (non-hydrogen) atoms. The molecule has 0 saturated carbocycles. The summed E-state index contributed by atoms with van der Waals surface area (Å²) in [6.45, 7) is 1.06. The van der Waals surface area contributed by atoms with E-state index in [4.69, 9.17) is 16.6 Å². The second kappa shape index (κ2) is 8.21. The van der Waals surface area contributed by atoms with Crippen molar-refractivity contribution in [2.24, 2.45) is 15.0 Å². The summed E-state index contributed by atoms with van der Waals surface area (Å²) in [4.78, 5) is 16.0. The van der Waals surface area contributed by atoms with Gasteiger partial charge in [0.2, 0.25) is 0 Å². The Labute approximate surface area is 170 Å². The Balaban J connectivity index is 1.90. The van der Waals surface area contributed by atoms with Crippen LogP contribution in [-0.2, 0) is 0 Å². The summed E-state index contributed by atoms with van der Waals surface area (Å²) in [6, 6.07) is 10.0. The largest absolute Gasteiger partial charge is 0.309 e. The molecule has 0 spiro atoms. The number of benzene rings is 2. The number of hydrogen-bond donors (Lipinski definition) is 0. The molecule has 4 rings (SSSR count). The van der Waals surface area contributed by atoms with Crippen LogP contribution in [0.3, 0.4) is 0 Å². The van der Waals surface area contributed by atoms with Crippen LogP contribution in [0.2, 0.25) is 5.02 Å². The quantitative estimate of drug-likeness (QED) is 0.757. The highest BCUT2D eigenvalue weighted by molar-refractivity contribution is 6.33. The van der Waals surface area contributed by atoms with Crippen LogP contribution < -0.4 is 10.6 Å². The maximum Gasteiger partial charge on any atom is 0.0783 e. The third-order valence-electron chi connectivity index (χ3n) is 5.10. The molecule has 0 radical (unpaired) electrons. The molecule has 5 heteroatoms. The molecule has 0 amide bonds. The van der Waals surface area contributed by atoms with Gasteiger partial charge in [0, 0.05) is 52.1 Å². The third kappa shape index (κ3) is 3.71. The van der Waals surface area contributed by atoms with E-state index in [-0.39, 0.29) is 0 Å². The second-order valence-electron chi connectivity index (χ2n) is 7.33. The Hall–Kier alpha value is -2.56. The molecule has 2 aliphatic heterocycles.